The molecule has 0 spiro atoms. The van der Waals surface area contributed by atoms with Crippen LogP contribution in [0.25, 0.3) is 11.1 Å². The molecule has 190 valence electrons. The van der Waals surface area contributed by atoms with Gasteiger partial charge in [0, 0.05) is 37.0 Å². The van der Waals surface area contributed by atoms with Crippen LogP contribution in [0.2, 0.25) is 5.02 Å². The Morgan fingerprint density at radius 1 is 0.973 bits per heavy atom. The summed E-state index contributed by atoms with van der Waals surface area (Å²) in [6.07, 6.45) is 3.55. The van der Waals surface area contributed by atoms with Crippen molar-refractivity contribution in [2.45, 2.75) is 23.7 Å². The zero-order chi connectivity index (χ0) is 26.8. The lowest BCUT2D eigenvalue weighted by molar-refractivity contribution is 0.319. The van der Waals surface area contributed by atoms with Gasteiger partial charge in [-0.05, 0) is 64.6 Å². The molecular formula is C28H26ClN3O4S. The molecule has 0 saturated heterocycles. The molecule has 0 fully saturated rings. The summed E-state index contributed by atoms with van der Waals surface area (Å²) >= 11 is 6.28. The SMILES string of the molecule is Cc1cc(Cl)ccc1C(C/C=N/O)(c1ccc(-c2ccc(S(N)(=O)=O)cc2)cc1)c1ccc(=O)n(C)c1. The lowest BCUT2D eigenvalue weighted by Gasteiger charge is -2.36. The van der Waals surface area contributed by atoms with Gasteiger partial charge >= 0.3 is 0 Å². The Bertz CT molecular complexity index is 1630. The van der Waals surface area contributed by atoms with Gasteiger partial charge in [-0.15, -0.1) is 5.16 Å². The Balaban J connectivity index is 1.93. The van der Waals surface area contributed by atoms with Crippen LogP contribution in [0.1, 0.15) is 28.7 Å². The zero-order valence-electron chi connectivity index (χ0n) is 20.3. The second-order valence-electron chi connectivity index (χ2n) is 8.88. The van der Waals surface area contributed by atoms with E-state index in [1.165, 1.54) is 29.0 Å². The number of pyridine rings is 1. The number of nitrogens with two attached hydrogens (primary N) is 1. The topological polar surface area (TPSA) is 115 Å². The van der Waals surface area contributed by atoms with Gasteiger partial charge in [-0.1, -0.05) is 60.1 Å². The lowest BCUT2D eigenvalue weighted by Crippen LogP contribution is -2.32. The van der Waals surface area contributed by atoms with Crippen molar-refractivity contribution in [1.29, 1.82) is 0 Å². The second kappa shape index (κ2) is 10.3. The normalized spacial score (nSPS) is 13.5. The number of oxime groups is 1. The number of aromatic nitrogens is 1. The van der Waals surface area contributed by atoms with Gasteiger partial charge in [-0.25, -0.2) is 13.6 Å². The van der Waals surface area contributed by atoms with E-state index in [0.29, 0.717) is 11.4 Å². The standard InChI is InChI=1S/C28H26ClN3O4S/c1-19-17-24(29)10-13-26(19)28(15-16-31-34,23-9-14-27(33)32(2)18-23)22-7-3-20(4-8-22)21-5-11-25(12-6-21)37(30,35)36/h3-14,16-18,34H,15H2,1-2H3,(H2,30,35,36)/b31-16+. The molecule has 4 rings (SSSR count). The van der Waals surface area contributed by atoms with Crippen molar-refractivity contribution in [3.8, 4) is 11.1 Å². The van der Waals surface area contributed by atoms with Crippen LogP contribution in [0.3, 0.4) is 0 Å². The molecule has 1 aromatic heterocycles. The maximum atomic E-state index is 12.2. The van der Waals surface area contributed by atoms with Crippen LogP contribution >= 0.6 is 11.6 Å². The molecule has 0 aliphatic carbocycles. The number of benzene rings is 3. The first-order chi connectivity index (χ1) is 17.6. The van der Waals surface area contributed by atoms with Gasteiger partial charge in [0.15, 0.2) is 0 Å². The van der Waals surface area contributed by atoms with Crippen LogP contribution in [0, 0.1) is 6.92 Å². The highest BCUT2D eigenvalue weighted by molar-refractivity contribution is 7.89. The fourth-order valence-electron chi connectivity index (χ4n) is 4.74. The second-order valence-corrected chi connectivity index (χ2v) is 10.9. The van der Waals surface area contributed by atoms with Crippen LogP contribution in [0.5, 0.6) is 0 Å². The molecule has 0 aliphatic rings. The van der Waals surface area contributed by atoms with E-state index in [-0.39, 0.29) is 10.5 Å². The van der Waals surface area contributed by atoms with E-state index in [1.807, 2.05) is 49.4 Å². The van der Waals surface area contributed by atoms with Crippen LogP contribution in [0.4, 0.5) is 0 Å². The minimum Gasteiger partial charge on any atom is -0.411 e. The van der Waals surface area contributed by atoms with Gasteiger partial charge in [0.1, 0.15) is 0 Å². The predicted octanol–water partition coefficient (Wildman–Crippen LogP) is 4.85. The number of rotatable bonds is 7. The van der Waals surface area contributed by atoms with E-state index in [9.17, 15) is 18.4 Å². The first-order valence-electron chi connectivity index (χ1n) is 11.4. The van der Waals surface area contributed by atoms with Gasteiger partial charge in [0.05, 0.1) is 10.3 Å². The van der Waals surface area contributed by atoms with Crippen LogP contribution < -0.4 is 10.7 Å². The third kappa shape index (κ3) is 5.22. The van der Waals surface area contributed by atoms with Crippen molar-refractivity contribution < 1.29 is 13.6 Å². The number of halogens is 1. The average Bonchev–Trinajstić information content (AvgIpc) is 2.87. The fourth-order valence-corrected chi connectivity index (χ4v) is 5.48. The summed E-state index contributed by atoms with van der Waals surface area (Å²) in [5, 5.41) is 18.5. The van der Waals surface area contributed by atoms with Gasteiger partial charge in [-0.2, -0.15) is 0 Å². The summed E-state index contributed by atoms with van der Waals surface area (Å²) in [6, 6.07) is 23.2. The molecule has 0 radical (unpaired) electrons. The maximum Gasteiger partial charge on any atom is 0.250 e. The Hall–Kier alpha value is -3.72. The van der Waals surface area contributed by atoms with Gasteiger partial charge in [-0.3, -0.25) is 4.79 Å². The molecule has 0 aliphatic heterocycles. The van der Waals surface area contributed by atoms with Crippen LogP contribution in [-0.2, 0) is 22.5 Å². The van der Waals surface area contributed by atoms with Crippen LogP contribution in [-0.4, -0.2) is 24.4 Å². The highest BCUT2D eigenvalue weighted by Gasteiger charge is 2.37. The third-order valence-electron chi connectivity index (χ3n) is 6.60. The number of primary sulfonamides is 1. The largest absolute Gasteiger partial charge is 0.411 e. The molecular weight excluding hydrogens is 510 g/mol. The third-order valence-corrected chi connectivity index (χ3v) is 7.76. The van der Waals surface area contributed by atoms with E-state index in [2.05, 4.69) is 5.16 Å². The Morgan fingerprint density at radius 2 is 1.57 bits per heavy atom. The first-order valence-corrected chi connectivity index (χ1v) is 13.3. The highest BCUT2D eigenvalue weighted by Crippen LogP contribution is 2.44. The molecule has 0 amide bonds. The van der Waals surface area contributed by atoms with E-state index < -0.39 is 15.4 Å². The van der Waals surface area contributed by atoms with Gasteiger partial charge in [0.25, 0.3) is 0 Å². The average molecular weight is 536 g/mol. The Morgan fingerprint density at radius 3 is 2.11 bits per heavy atom. The van der Waals surface area contributed by atoms with Crippen molar-refractivity contribution in [3.05, 3.63) is 123 Å². The van der Waals surface area contributed by atoms with Crippen LogP contribution in [0.15, 0.2) is 99.9 Å². The number of hydrogen-bond acceptors (Lipinski definition) is 5. The molecule has 7 nitrogen and oxygen atoms in total. The van der Waals surface area contributed by atoms with E-state index in [4.69, 9.17) is 16.7 Å². The summed E-state index contributed by atoms with van der Waals surface area (Å²) in [5.74, 6) is 0. The summed E-state index contributed by atoms with van der Waals surface area (Å²) in [5.41, 5.74) is 4.39. The van der Waals surface area contributed by atoms with E-state index in [0.717, 1.165) is 33.4 Å². The Labute approximate surface area is 220 Å². The molecule has 9 heteroatoms. The minimum atomic E-state index is -3.78. The highest BCUT2D eigenvalue weighted by atomic mass is 35.5. The molecule has 4 aromatic rings. The number of sulfonamides is 1. The molecule has 0 bridgehead atoms. The van der Waals surface area contributed by atoms with Gasteiger partial charge < -0.3 is 9.77 Å². The van der Waals surface area contributed by atoms with Gasteiger partial charge in [0.2, 0.25) is 15.6 Å². The fraction of sp³-hybridized carbons (Fsp3) is 0.143. The molecule has 3 N–H and O–H groups in total. The smallest absolute Gasteiger partial charge is 0.250 e. The number of hydrogen-bond donors (Lipinski definition) is 2. The Kier molecular flexibility index (Phi) is 7.36. The summed E-state index contributed by atoms with van der Waals surface area (Å²) in [7, 11) is -2.08. The van der Waals surface area contributed by atoms with Crippen molar-refractivity contribution >= 4 is 27.8 Å². The molecule has 37 heavy (non-hydrogen) atoms. The maximum absolute atomic E-state index is 12.2. The number of aryl methyl sites for hydroxylation is 2. The summed E-state index contributed by atoms with van der Waals surface area (Å²) in [6.45, 7) is 1.97. The van der Waals surface area contributed by atoms with Crippen molar-refractivity contribution in [1.82, 2.24) is 4.57 Å². The van der Waals surface area contributed by atoms with E-state index in [1.54, 1.807) is 31.4 Å². The summed E-state index contributed by atoms with van der Waals surface area (Å²) in [4.78, 5) is 12.3. The molecule has 1 atom stereocenters. The molecule has 1 unspecified atom stereocenters. The molecule has 3 aromatic carbocycles. The van der Waals surface area contributed by atoms with Crippen molar-refractivity contribution in [3.63, 3.8) is 0 Å². The van der Waals surface area contributed by atoms with E-state index >= 15 is 0 Å². The summed E-state index contributed by atoms with van der Waals surface area (Å²) < 4.78 is 24.7. The molecule has 1 heterocycles. The van der Waals surface area contributed by atoms with Crippen molar-refractivity contribution in [2.75, 3.05) is 0 Å². The first kappa shape index (κ1) is 26.3. The predicted molar refractivity (Wildman–Crippen MR) is 146 cm³/mol. The van der Waals surface area contributed by atoms with Crippen molar-refractivity contribution in [2.24, 2.45) is 17.3 Å². The quantitative estimate of drug-likeness (QED) is 0.200. The monoisotopic (exact) mass is 535 g/mol. The molecule has 0 saturated carbocycles. The lowest BCUT2D eigenvalue weighted by atomic mass is 9.66. The zero-order valence-corrected chi connectivity index (χ0v) is 21.9. The number of nitrogens with zero attached hydrogens (tertiary/aromatic N) is 2. The minimum absolute atomic E-state index is 0.0445.